The van der Waals surface area contributed by atoms with Crippen LogP contribution in [-0.4, -0.2) is 67.9 Å². The van der Waals surface area contributed by atoms with Crippen LogP contribution < -0.4 is 20.9 Å². The Hall–Kier alpha value is -2.91. The third-order valence-corrected chi connectivity index (χ3v) is 7.22. The number of rotatable bonds is 8. The second-order valence-electron chi connectivity index (χ2n) is 8.85. The van der Waals surface area contributed by atoms with Gasteiger partial charge in [0.05, 0.1) is 12.6 Å². The molecule has 0 unspecified atom stereocenters. The van der Waals surface area contributed by atoms with Crippen LogP contribution in [0.25, 0.3) is 0 Å². The molecule has 1 aromatic carbocycles. The van der Waals surface area contributed by atoms with Crippen LogP contribution in [0.5, 0.6) is 0 Å². The van der Waals surface area contributed by atoms with Gasteiger partial charge >= 0.3 is 0 Å². The van der Waals surface area contributed by atoms with Crippen molar-refractivity contribution in [1.82, 2.24) is 20.9 Å². The van der Waals surface area contributed by atoms with Gasteiger partial charge in [0.25, 0.3) is 5.91 Å². The molecule has 2 aliphatic heterocycles. The summed E-state index contributed by atoms with van der Waals surface area (Å²) in [5.74, 6) is -0.113. The van der Waals surface area contributed by atoms with Crippen LogP contribution in [0.4, 0.5) is 5.69 Å². The largest absolute Gasteiger partial charge is 0.378 e. The van der Waals surface area contributed by atoms with Crippen LogP contribution in [0.2, 0.25) is 0 Å². The molecule has 33 heavy (non-hydrogen) atoms. The second-order valence-corrected chi connectivity index (χ2v) is 9.89. The first-order valence-corrected chi connectivity index (χ1v) is 12.2. The molecule has 2 aromatic rings. The molecule has 0 aliphatic carbocycles. The summed E-state index contributed by atoms with van der Waals surface area (Å²) in [6.07, 6.45) is 1.65. The minimum atomic E-state index is -0.264. The lowest BCUT2D eigenvalue weighted by atomic mass is 10.0. The van der Waals surface area contributed by atoms with Crippen LogP contribution in [0.15, 0.2) is 41.8 Å². The lowest BCUT2D eigenvalue weighted by molar-refractivity contribution is -0.129. The first kappa shape index (κ1) is 23.3. The number of anilines is 1. The molecule has 2 saturated heterocycles. The van der Waals surface area contributed by atoms with Gasteiger partial charge in [-0.05, 0) is 48.6 Å². The molecular weight excluding hydrogens is 438 g/mol. The number of piperazine rings is 1. The van der Waals surface area contributed by atoms with Crippen molar-refractivity contribution in [2.24, 2.45) is 0 Å². The van der Waals surface area contributed by atoms with Crippen LogP contribution in [-0.2, 0) is 16.1 Å². The fourth-order valence-corrected chi connectivity index (χ4v) is 5.16. The minimum Gasteiger partial charge on any atom is -0.378 e. The lowest BCUT2D eigenvalue weighted by Crippen LogP contribution is -2.58. The molecule has 0 saturated carbocycles. The van der Waals surface area contributed by atoms with E-state index in [4.69, 9.17) is 0 Å². The monoisotopic (exact) mass is 469 g/mol. The van der Waals surface area contributed by atoms with Crippen molar-refractivity contribution in [1.29, 1.82) is 0 Å². The maximum Gasteiger partial charge on any atom is 0.251 e. The third-order valence-electron chi connectivity index (χ3n) is 6.35. The number of nitrogens with zero attached hydrogens (tertiary/aromatic N) is 2. The fourth-order valence-electron chi connectivity index (χ4n) is 4.51. The summed E-state index contributed by atoms with van der Waals surface area (Å²) in [4.78, 5) is 42.8. The summed E-state index contributed by atoms with van der Waals surface area (Å²) < 4.78 is 0. The summed E-state index contributed by atoms with van der Waals surface area (Å²) >= 11 is 1.62. The number of fused-ring (bicyclic) bond motifs is 1. The molecule has 2 fully saturated rings. The van der Waals surface area contributed by atoms with Crippen molar-refractivity contribution < 1.29 is 14.4 Å². The Morgan fingerprint density at radius 2 is 2.00 bits per heavy atom. The van der Waals surface area contributed by atoms with E-state index >= 15 is 0 Å². The van der Waals surface area contributed by atoms with Gasteiger partial charge in [0, 0.05) is 61.8 Å². The summed E-state index contributed by atoms with van der Waals surface area (Å²) in [5, 5.41) is 11.0. The smallest absolute Gasteiger partial charge is 0.251 e. The van der Waals surface area contributed by atoms with Gasteiger partial charge in [-0.1, -0.05) is 6.07 Å². The Bertz CT molecular complexity index is 976. The van der Waals surface area contributed by atoms with Gasteiger partial charge in [-0.3, -0.25) is 19.3 Å². The molecule has 8 nitrogen and oxygen atoms in total. The quantitative estimate of drug-likeness (QED) is 0.546. The van der Waals surface area contributed by atoms with Crippen LogP contribution in [0, 0.1) is 0 Å². The van der Waals surface area contributed by atoms with E-state index in [0.29, 0.717) is 44.5 Å². The molecule has 0 radical (unpaired) electrons. The van der Waals surface area contributed by atoms with Gasteiger partial charge in [0.2, 0.25) is 11.8 Å². The second kappa shape index (κ2) is 10.4. The SMILES string of the molecule is CN(C)c1ccc(C(=O)N[C@H]2C[C@H]3C(=O)NC[C@@H](CCC(=O)NCc4cccs4)N3C2)cc1. The maximum atomic E-state index is 12.7. The summed E-state index contributed by atoms with van der Waals surface area (Å²) in [5.41, 5.74) is 1.64. The first-order chi connectivity index (χ1) is 15.9. The van der Waals surface area contributed by atoms with Crippen molar-refractivity contribution in [2.45, 2.75) is 43.9 Å². The van der Waals surface area contributed by atoms with Crippen LogP contribution in [0.1, 0.15) is 34.5 Å². The number of benzene rings is 1. The van der Waals surface area contributed by atoms with E-state index in [1.54, 1.807) is 11.3 Å². The van der Waals surface area contributed by atoms with Gasteiger partial charge in [-0.2, -0.15) is 0 Å². The third kappa shape index (κ3) is 5.72. The number of hydrogen-bond donors (Lipinski definition) is 3. The van der Waals surface area contributed by atoms with E-state index in [-0.39, 0.29) is 35.8 Å². The Morgan fingerprint density at radius 3 is 2.70 bits per heavy atom. The molecule has 2 aliphatic rings. The van der Waals surface area contributed by atoms with E-state index in [0.717, 1.165) is 10.6 Å². The van der Waals surface area contributed by atoms with Gasteiger partial charge in [0.15, 0.2) is 0 Å². The zero-order chi connectivity index (χ0) is 23.4. The zero-order valence-corrected chi connectivity index (χ0v) is 19.9. The minimum absolute atomic E-state index is 0.000446. The molecule has 3 amide bonds. The van der Waals surface area contributed by atoms with E-state index in [1.807, 2.05) is 60.8 Å². The molecule has 0 spiro atoms. The number of amides is 3. The first-order valence-electron chi connectivity index (χ1n) is 11.3. The molecular formula is C24H31N5O3S. The average molecular weight is 470 g/mol. The normalized spacial score (nSPS) is 22.4. The number of hydrogen-bond acceptors (Lipinski definition) is 6. The van der Waals surface area contributed by atoms with Crippen LogP contribution in [0.3, 0.4) is 0 Å². The van der Waals surface area contributed by atoms with Crippen molar-refractivity contribution in [3.63, 3.8) is 0 Å². The summed E-state index contributed by atoms with van der Waals surface area (Å²) in [7, 11) is 3.91. The number of nitrogens with one attached hydrogen (secondary N) is 3. The standard InChI is InChI=1S/C24H31N5O3S/c1-28(2)18-7-5-16(6-8-18)23(31)27-17-12-21-24(32)26-13-19(29(21)15-17)9-10-22(30)25-14-20-4-3-11-33-20/h3-8,11,17,19,21H,9-10,12-15H2,1-2H3,(H,25,30)(H,26,32)(H,27,31)/t17-,19+,21-/m0/s1. The van der Waals surface area contributed by atoms with E-state index in [9.17, 15) is 14.4 Å². The van der Waals surface area contributed by atoms with E-state index < -0.39 is 0 Å². The number of thiophene rings is 1. The Kier molecular flexibility index (Phi) is 7.29. The van der Waals surface area contributed by atoms with Crippen molar-refractivity contribution in [3.8, 4) is 0 Å². The van der Waals surface area contributed by atoms with E-state index in [2.05, 4.69) is 20.9 Å². The van der Waals surface area contributed by atoms with Gasteiger partial charge in [-0.25, -0.2) is 0 Å². The molecule has 3 heterocycles. The van der Waals surface area contributed by atoms with Crippen molar-refractivity contribution >= 4 is 34.7 Å². The molecule has 3 atom stereocenters. The zero-order valence-electron chi connectivity index (χ0n) is 19.0. The highest BCUT2D eigenvalue weighted by molar-refractivity contribution is 7.09. The van der Waals surface area contributed by atoms with Crippen LogP contribution >= 0.6 is 11.3 Å². The predicted octanol–water partition coefficient (Wildman–Crippen LogP) is 1.58. The van der Waals surface area contributed by atoms with Gasteiger partial charge in [0.1, 0.15) is 0 Å². The molecule has 1 aromatic heterocycles. The highest BCUT2D eigenvalue weighted by Crippen LogP contribution is 2.26. The number of carbonyl (C=O) groups is 3. The molecule has 9 heteroatoms. The average Bonchev–Trinajstić information content (AvgIpc) is 3.48. The highest BCUT2D eigenvalue weighted by Gasteiger charge is 2.43. The Morgan fingerprint density at radius 1 is 1.21 bits per heavy atom. The summed E-state index contributed by atoms with van der Waals surface area (Å²) in [6, 6.07) is 11.2. The van der Waals surface area contributed by atoms with Gasteiger partial charge in [-0.15, -0.1) is 11.3 Å². The maximum absolute atomic E-state index is 12.7. The van der Waals surface area contributed by atoms with Crippen molar-refractivity contribution in [2.75, 3.05) is 32.1 Å². The topological polar surface area (TPSA) is 93.8 Å². The number of carbonyl (C=O) groups excluding carboxylic acids is 3. The van der Waals surface area contributed by atoms with Crippen molar-refractivity contribution in [3.05, 3.63) is 52.2 Å². The fraction of sp³-hybridized carbons (Fsp3) is 0.458. The lowest BCUT2D eigenvalue weighted by Gasteiger charge is -2.37. The molecule has 0 bridgehead atoms. The highest BCUT2D eigenvalue weighted by atomic mass is 32.1. The Labute approximate surface area is 198 Å². The summed E-state index contributed by atoms with van der Waals surface area (Å²) in [6.45, 7) is 1.69. The molecule has 176 valence electrons. The Balaban J connectivity index is 1.29. The molecule has 4 rings (SSSR count). The molecule has 3 N–H and O–H groups in total. The van der Waals surface area contributed by atoms with E-state index in [1.165, 1.54) is 0 Å². The predicted molar refractivity (Wildman–Crippen MR) is 129 cm³/mol. The van der Waals surface area contributed by atoms with Gasteiger partial charge < -0.3 is 20.9 Å².